The molecule has 12 heteroatoms. The van der Waals surface area contributed by atoms with E-state index >= 15 is 0 Å². The van der Waals surface area contributed by atoms with Gasteiger partial charge in [-0.2, -0.15) is 0 Å². The van der Waals surface area contributed by atoms with Gasteiger partial charge in [-0.1, -0.05) is 121 Å². The molecule has 1 N–H and O–H groups in total. The van der Waals surface area contributed by atoms with Crippen molar-refractivity contribution in [2.45, 2.75) is 188 Å². The molecule has 1 aromatic heterocycles. The van der Waals surface area contributed by atoms with E-state index in [1.54, 1.807) is 12.2 Å². The first kappa shape index (κ1) is 55.5. The molecule has 0 radical (unpaired) electrons. The molecule has 1 aromatic rings. The van der Waals surface area contributed by atoms with Crippen LogP contribution < -0.4 is 4.89 Å². The van der Waals surface area contributed by atoms with Crippen molar-refractivity contribution in [1.82, 2.24) is 0 Å². The fraction of sp³-hybridized carbons (Fsp3) is 0.750. The Bertz CT molecular complexity index is 1410. The maximum absolute atomic E-state index is 12.7. The number of carbonyl (C=O) groups is 2. The summed E-state index contributed by atoms with van der Waals surface area (Å²) in [5, 5.41) is 10.3. The molecule has 60 heavy (non-hydrogen) atoms. The van der Waals surface area contributed by atoms with Crippen LogP contribution in [-0.2, 0) is 45.5 Å². The number of likely N-dealkylation sites (N-methyl/N-ethyl adjacent to an activating group) is 1. The third kappa shape index (κ3) is 30.5. The average molecular weight is 866 g/mol. The fourth-order valence-corrected chi connectivity index (χ4v) is 7.26. The molecule has 346 valence electrons. The number of carbonyl (C=O) groups excluding carboxylic acids is 2. The lowest BCUT2D eigenvalue weighted by Crippen LogP contribution is -2.37. The van der Waals surface area contributed by atoms with Gasteiger partial charge in [0, 0.05) is 25.7 Å². The largest absolute Gasteiger partial charge is 0.756 e. The highest BCUT2D eigenvalue weighted by molar-refractivity contribution is 7.45. The fourth-order valence-electron chi connectivity index (χ4n) is 6.53. The minimum atomic E-state index is -4.69. The van der Waals surface area contributed by atoms with Crippen molar-refractivity contribution in [3.05, 3.63) is 59.1 Å². The van der Waals surface area contributed by atoms with Gasteiger partial charge in [-0.05, 0) is 76.3 Å². The molecule has 0 aliphatic carbocycles. The number of aliphatic hydroxyl groups is 1. The first-order valence-electron chi connectivity index (χ1n) is 23.2. The van der Waals surface area contributed by atoms with Gasteiger partial charge in [-0.3, -0.25) is 14.2 Å². The number of quaternary nitrogens is 1. The van der Waals surface area contributed by atoms with Crippen LogP contribution >= 0.6 is 7.82 Å². The second kappa shape index (κ2) is 34.0. The summed E-state index contributed by atoms with van der Waals surface area (Å²) >= 11 is 0. The van der Waals surface area contributed by atoms with Gasteiger partial charge in [0.05, 0.1) is 33.9 Å². The third-order valence-electron chi connectivity index (χ3n) is 10.4. The first-order chi connectivity index (χ1) is 28.7. The second-order valence-corrected chi connectivity index (χ2v) is 18.6. The van der Waals surface area contributed by atoms with Crippen molar-refractivity contribution in [1.29, 1.82) is 0 Å². The molecule has 0 amide bonds. The molecule has 0 aliphatic rings. The molecule has 0 fully saturated rings. The Kier molecular flexibility index (Phi) is 31.5. The van der Waals surface area contributed by atoms with Crippen LogP contribution in [0.2, 0.25) is 0 Å². The van der Waals surface area contributed by atoms with Gasteiger partial charge in [0.25, 0.3) is 7.82 Å². The van der Waals surface area contributed by atoms with Gasteiger partial charge in [0.1, 0.15) is 31.3 Å². The molecule has 0 aromatic carbocycles. The number of rotatable bonds is 38. The van der Waals surface area contributed by atoms with Gasteiger partial charge >= 0.3 is 11.9 Å². The van der Waals surface area contributed by atoms with E-state index in [9.17, 15) is 24.2 Å². The van der Waals surface area contributed by atoms with Gasteiger partial charge in [-0.15, -0.1) is 0 Å². The second-order valence-electron chi connectivity index (χ2n) is 17.2. The molecule has 1 rings (SSSR count). The first-order valence-corrected chi connectivity index (χ1v) is 24.6. The van der Waals surface area contributed by atoms with E-state index in [2.05, 4.69) is 39.8 Å². The van der Waals surface area contributed by atoms with E-state index in [0.717, 1.165) is 75.7 Å². The topological polar surface area (TPSA) is 145 Å². The SMILES string of the molecule is CCCCCCCC/C=C/C/C=C/C=C/C(O)CCCC(=O)O[C@H](COC(=O)CCCCCCCCCCc1oc(CCC)c(C)c1C)COP(=O)([O-])OCC[N+](C)(C)C. The number of ether oxygens (including phenoxy) is 2. The number of esters is 2. The predicted molar refractivity (Wildman–Crippen MR) is 241 cm³/mol. The maximum atomic E-state index is 12.7. The summed E-state index contributed by atoms with van der Waals surface area (Å²) < 4.78 is 39.9. The molecule has 0 bridgehead atoms. The van der Waals surface area contributed by atoms with Crippen molar-refractivity contribution in [2.75, 3.05) is 47.5 Å². The molecule has 1 heterocycles. The summed E-state index contributed by atoms with van der Waals surface area (Å²) in [7, 11) is 1.03. The molecule has 0 aliphatic heterocycles. The molecule has 0 saturated carbocycles. The van der Waals surface area contributed by atoms with Gasteiger partial charge in [0.2, 0.25) is 0 Å². The Labute approximate surface area is 364 Å². The van der Waals surface area contributed by atoms with Crippen molar-refractivity contribution in [3.8, 4) is 0 Å². The smallest absolute Gasteiger partial charge is 0.306 e. The van der Waals surface area contributed by atoms with E-state index in [4.69, 9.17) is 22.9 Å². The zero-order chi connectivity index (χ0) is 44.5. The van der Waals surface area contributed by atoms with Crippen molar-refractivity contribution in [3.63, 3.8) is 0 Å². The zero-order valence-corrected chi connectivity index (χ0v) is 39.6. The minimum Gasteiger partial charge on any atom is -0.756 e. The van der Waals surface area contributed by atoms with Crippen LogP contribution in [-0.4, -0.2) is 81.2 Å². The number of aryl methyl sites for hydroxylation is 2. The predicted octanol–water partition coefficient (Wildman–Crippen LogP) is 10.9. The Balaban J connectivity index is 2.41. The Morgan fingerprint density at radius 1 is 0.733 bits per heavy atom. The molecular formula is C48H84NO10P. The van der Waals surface area contributed by atoms with Crippen molar-refractivity contribution in [2.24, 2.45) is 0 Å². The van der Waals surface area contributed by atoms with Crippen LogP contribution in [0.5, 0.6) is 0 Å². The quantitative estimate of drug-likeness (QED) is 0.0170. The van der Waals surface area contributed by atoms with Crippen LogP contribution in [0.4, 0.5) is 0 Å². The summed E-state index contributed by atoms with van der Waals surface area (Å²) in [5.74, 6) is 1.22. The highest BCUT2D eigenvalue weighted by Gasteiger charge is 2.22. The lowest BCUT2D eigenvalue weighted by molar-refractivity contribution is -0.870. The van der Waals surface area contributed by atoms with Gasteiger partial charge in [-0.25, -0.2) is 0 Å². The Morgan fingerprint density at radius 2 is 1.35 bits per heavy atom. The molecular weight excluding hydrogens is 781 g/mol. The van der Waals surface area contributed by atoms with Crippen LogP contribution in [0.3, 0.4) is 0 Å². The standard InChI is InChI=1S/C48H84NO10P/c1-8-10-11-12-13-14-15-16-17-18-21-24-27-32-43(50)33-30-36-48(52)58-44(40-57-60(53,54)56-38-37-49(5,6)7)39-55-47(51)35-29-26-23-20-19-22-25-28-34-46-42(4)41(3)45(59-46)31-9-2/h16-17,21,24,27,32,43-44,50H,8-15,18-20,22-23,25-26,28-31,33-40H2,1-7H3/b17-16+,24-21+,32-27+/t43?,44-/m1/s1. The number of hydrogen-bond donors (Lipinski definition) is 1. The van der Waals surface area contributed by atoms with Crippen LogP contribution in [0.25, 0.3) is 0 Å². The molecule has 11 nitrogen and oxygen atoms in total. The number of phosphoric ester groups is 1. The molecule has 0 spiro atoms. The normalized spacial score (nSPS) is 14.3. The summed E-state index contributed by atoms with van der Waals surface area (Å²) in [5.41, 5.74) is 2.61. The number of allylic oxidation sites excluding steroid dienone is 5. The van der Waals surface area contributed by atoms with Crippen molar-refractivity contribution >= 4 is 19.8 Å². The van der Waals surface area contributed by atoms with Crippen molar-refractivity contribution < 1.29 is 51.6 Å². The lowest BCUT2D eigenvalue weighted by atomic mass is 10.0. The van der Waals surface area contributed by atoms with E-state index in [1.165, 1.54) is 62.5 Å². The number of phosphoric acid groups is 1. The number of furan rings is 1. The Morgan fingerprint density at radius 3 is 2.02 bits per heavy atom. The minimum absolute atomic E-state index is 0.00709. The summed E-state index contributed by atoms with van der Waals surface area (Å²) in [4.78, 5) is 37.7. The molecule has 2 unspecified atom stereocenters. The van der Waals surface area contributed by atoms with E-state index < -0.39 is 38.6 Å². The summed E-state index contributed by atoms with van der Waals surface area (Å²) in [6.45, 7) is 8.21. The molecule has 3 atom stereocenters. The Hall–Kier alpha value is -2.53. The average Bonchev–Trinajstić information content (AvgIpc) is 3.45. The van der Waals surface area contributed by atoms with Gasteiger partial charge in [0.15, 0.2) is 6.10 Å². The highest BCUT2D eigenvalue weighted by Crippen LogP contribution is 2.38. The monoisotopic (exact) mass is 866 g/mol. The highest BCUT2D eigenvalue weighted by atomic mass is 31.2. The lowest BCUT2D eigenvalue weighted by Gasteiger charge is -2.28. The molecule has 0 saturated heterocycles. The van der Waals surface area contributed by atoms with Crippen LogP contribution in [0.15, 0.2) is 40.9 Å². The third-order valence-corrected chi connectivity index (χ3v) is 11.4. The van der Waals surface area contributed by atoms with E-state index in [-0.39, 0.29) is 26.1 Å². The number of nitrogens with zero attached hydrogens (tertiary/aromatic N) is 1. The van der Waals surface area contributed by atoms with Crippen LogP contribution in [0, 0.1) is 13.8 Å². The van der Waals surface area contributed by atoms with Crippen LogP contribution in [0.1, 0.15) is 171 Å². The van der Waals surface area contributed by atoms with Gasteiger partial charge < -0.3 is 37.4 Å². The van der Waals surface area contributed by atoms with E-state index in [0.29, 0.717) is 30.3 Å². The summed E-state index contributed by atoms with van der Waals surface area (Å²) in [6, 6.07) is 0. The van der Waals surface area contributed by atoms with E-state index in [1.807, 2.05) is 33.3 Å². The number of aliphatic hydroxyl groups excluding tert-OH is 1. The number of unbranched alkanes of at least 4 members (excludes halogenated alkanes) is 13. The number of hydrogen-bond acceptors (Lipinski definition) is 10. The summed E-state index contributed by atoms with van der Waals surface area (Å²) in [6.07, 6.45) is 31.9. The zero-order valence-electron chi connectivity index (χ0n) is 38.7. The maximum Gasteiger partial charge on any atom is 0.306 e.